The average molecular weight is 284 g/mol. The summed E-state index contributed by atoms with van der Waals surface area (Å²) in [4.78, 5) is 0. The molecule has 19 heavy (non-hydrogen) atoms. The van der Waals surface area contributed by atoms with Crippen molar-refractivity contribution in [1.82, 2.24) is 0 Å². The smallest absolute Gasteiger partial charge is 0.123 e. The van der Waals surface area contributed by atoms with Gasteiger partial charge in [0.05, 0.1) is 12.7 Å². The molecule has 0 aliphatic heterocycles. The van der Waals surface area contributed by atoms with Crippen LogP contribution < -0.4 is 15.8 Å². The highest BCUT2D eigenvalue weighted by atomic mass is 32.2. The van der Waals surface area contributed by atoms with E-state index in [4.69, 9.17) is 10.5 Å². The zero-order valence-corrected chi connectivity index (χ0v) is 12.8. The third-order valence-corrected chi connectivity index (χ3v) is 3.90. The lowest BCUT2D eigenvalue weighted by atomic mass is 10.2. The Morgan fingerprint density at radius 3 is 2.53 bits per heavy atom. The molecule has 1 aromatic carbocycles. The van der Waals surface area contributed by atoms with E-state index in [1.165, 1.54) is 0 Å². The van der Waals surface area contributed by atoms with E-state index < -0.39 is 0 Å². The van der Waals surface area contributed by atoms with Gasteiger partial charge in [0.1, 0.15) is 5.75 Å². The number of anilines is 2. The molecule has 2 unspecified atom stereocenters. The molecule has 0 aliphatic carbocycles. The van der Waals surface area contributed by atoms with E-state index in [1.54, 1.807) is 11.8 Å². The van der Waals surface area contributed by atoms with Gasteiger partial charge in [-0.05, 0) is 33.1 Å². The van der Waals surface area contributed by atoms with Crippen LogP contribution in [0, 0.1) is 0 Å². The summed E-state index contributed by atoms with van der Waals surface area (Å²) in [5.74, 6) is 0.759. The van der Waals surface area contributed by atoms with Gasteiger partial charge in [0.2, 0.25) is 0 Å². The Labute approximate surface area is 119 Å². The first-order chi connectivity index (χ1) is 8.96. The van der Waals surface area contributed by atoms with Crippen LogP contribution in [0.1, 0.15) is 20.8 Å². The Morgan fingerprint density at radius 2 is 2.00 bits per heavy atom. The molecule has 5 heteroatoms. The lowest BCUT2D eigenvalue weighted by Gasteiger charge is -2.23. The van der Waals surface area contributed by atoms with Crippen molar-refractivity contribution >= 4 is 23.1 Å². The highest BCUT2D eigenvalue weighted by Gasteiger charge is 2.15. The molecule has 0 bridgehead atoms. The first-order valence-corrected chi connectivity index (χ1v) is 7.72. The Kier molecular flexibility index (Phi) is 6.31. The highest BCUT2D eigenvalue weighted by molar-refractivity contribution is 7.99. The van der Waals surface area contributed by atoms with Crippen molar-refractivity contribution in [3.63, 3.8) is 0 Å². The van der Waals surface area contributed by atoms with Gasteiger partial charge < -0.3 is 20.9 Å². The minimum absolute atomic E-state index is 0.114. The van der Waals surface area contributed by atoms with Gasteiger partial charge in [0.15, 0.2) is 0 Å². The van der Waals surface area contributed by atoms with Gasteiger partial charge in [0, 0.05) is 34.8 Å². The second kappa shape index (κ2) is 7.50. The Bertz CT molecular complexity index is 395. The number of nitrogens with two attached hydrogens (primary N) is 1. The van der Waals surface area contributed by atoms with Gasteiger partial charge in [-0.1, -0.05) is 0 Å². The number of thioether (sulfide) groups is 1. The van der Waals surface area contributed by atoms with Crippen molar-refractivity contribution in [2.75, 3.05) is 23.9 Å². The Morgan fingerprint density at radius 1 is 1.32 bits per heavy atom. The van der Waals surface area contributed by atoms with Crippen molar-refractivity contribution in [3.05, 3.63) is 18.2 Å². The summed E-state index contributed by atoms with van der Waals surface area (Å²) < 4.78 is 5.66. The van der Waals surface area contributed by atoms with Crippen LogP contribution in [0.5, 0.6) is 5.75 Å². The minimum atomic E-state index is 0.114. The van der Waals surface area contributed by atoms with Crippen LogP contribution in [0.4, 0.5) is 11.4 Å². The van der Waals surface area contributed by atoms with Gasteiger partial charge >= 0.3 is 0 Å². The quantitative estimate of drug-likeness (QED) is 0.672. The van der Waals surface area contributed by atoms with Crippen LogP contribution in [0.2, 0.25) is 0 Å². The maximum absolute atomic E-state index is 9.29. The maximum Gasteiger partial charge on any atom is 0.123 e. The number of benzene rings is 1. The molecule has 0 saturated heterocycles. The summed E-state index contributed by atoms with van der Waals surface area (Å²) in [7, 11) is 0. The van der Waals surface area contributed by atoms with Gasteiger partial charge in [-0.25, -0.2) is 0 Å². The molecule has 0 fully saturated rings. The van der Waals surface area contributed by atoms with Gasteiger partial charge in [0.25, 0.3) is 0 Å². The molecule has 0 heterocycles. The summed E-state index contributed by atoms with van der Waals surface area (Å²) in [6.07, 6.45) is 2.11. The predicted molar refractivity (Wildman–Crippen MR) is 84.1 cm³/mol. The van der Waals surface area contributed by atoms with Crippen LogP contribution in [-0.4, -0.2) is 35.4 Å². The molecule has 0 radical (unpaired) electrons. The lowest BCUT2D eigenvalue weighted by molar-refractivity contribution is 0.242. The molecule has 1 aromatic rings. The summed E-state index contributed by atoms with van der Waals surface area (Å²) in [6.45, 7) is 6.15. The molecule has 0 aliphatic rings. The summed E-state index contributed by atoms with van der Waals surface area (Å²) in [5, 5.41) is 12.8. The second-order valence-corrected chi connectivity index (χ2v) is 5.92. The van der Waals surface area contributed by atoms with Crippen molar-refractivity contribution in [2.45, 2.75) is 38.2 Å². The number of hydrogen-bond donors (Lipinski definition) is 3. The average Bonchev–Trinajstić information content (AvgIpc) is 2.28. The normalized spacial score (nSPS) is 14.2. The third-order valence-electron chi connectivity index (χ3n) is 2.74. The second-order valence-electron chi connectivity index (χ2n) is 4.85. The number of nitrogen functional groups attached to an aromatic ring is 1. The number of aliphatic hydroxyl groups excluding tert-OH is 1. The number of rotatable bonds is 7. The van der Waals surface area contributed by atoms with Crippen LogP contribution in [0.25, 0.3) is 0 Å². The monoisotopic (exact) mass is 284 g/mol. The largest absolute Gasteiger partial charge is 0.491 e. The Hall–Kier alpha value is -1.07. The summed E-state index contributed by atoms with van der Waals surface area (Å²) >= 11 is 1.64. The zero-order chi connectivity index (χ0) is 14.4. The molecule has 0 saturated carbocycles. The molecule has 1 rings (SSSR count). The number of hydrogen-bond acceptors (Lipinski definition) is 5. The molecular weight excluding hydrogens is 260 g/mol. The molecule has 0 aromatic heterocycles. The van der Waals surface area contributed by atoms with Crippen molar-refractivity contribution in [2.24, 2.45) is 0 Å². The van der Waals surface area contributed by atoms with Gasteiger partial charge in [-0.3, -0.25) is 0 Å². The van der Waals surface area contributed by atoms with Crippen molar-refractivity contribution in [1.29, 1.82) is 0 Å². The van der Waals surface area contributed by atoms with Gasteiger partial charge in [-0.2, -0.15) is 11.8 Å². The van der Waals surface area contributed by atoms with E-state index in [-0.39, 0.29) is 24.0 Å². The van der Waals surface area contributed by atoms with E-state index in [9.17, 15) is 5.11 Å². The van der Waals surface area contributed by atoms with Crippen LogP contribution >= 0.6 is 11.8 Å². The van der Waals surface area contributed by atoms with Crippen LogP contribution in [0.3, 0.4) is 0 Å². The minimum Gasteiger partial charge on any atom is -0.491 e. The van der Waals surface area contributed by atoms with Gasteiger partial charge in [-0.15, -0.1) is 0 Å². The zero-order valence-electron chi connectivity index (χ0n) is 12.0. The predicted octanol–water partition coefficient (Wildman–Crippen LogP) is 2.58. The molecule has 0 spiro atoms. The summed E-state index contributed by atoms with van der Waals surface area (Å²) in [5.41, 5.74) is 7.45. The first kappa shape index (κ1) is 16.0. The number of aliphatic hydroxyl groups is 1. The fraction of sp³-hybridized carbons (Fsp3) is 0.571. The standard InChI is InChI=1S/C14H24N2O2S/c1-9(2)18-13-6-11(15)5-12(7-13)16-10(3)14(8-17)19-4/h5-7,9-10,14,16-17H,8,15H2,1-4H3. The third kappa shape index (κ3) is 5.20. The van der Waals surface area contributed by atoms with E-state index in [2.05, 4.69) is 5.32 Å². The fourth-order valence-electron chi connectivity index (χ4n) is 1.84. The number of nitrogens with one attached hydrogen (secondary N) is 1. The van der Waals surface area contributed by atoms with Crippen molar-refractivity contribution in [3.8, 4) is 5.75 Å². The molecule has 4 N–H and O–H groups in total. The van der Waals surface area contributed by atoms with Crippen molar-refractivity contribution < 1.29 is 9.84 Å². The summed E-state index contributed by atoms with van der Waals surface area (Å²) in [6, 6.07) is 5.77. The lowest BCUT2D eigenvalue weighted by Crippen LogP contribution is -2.30. The number of ether oxygens (including phenoxy) is 1. The molecule has 4 nitrogen and oxygen atoms in total. The van der Waals surface area contributed by atoms with E-state index in [0.29, 0.717) is 5.69 Å². The van der Waals surface area contributed by atoms with Crippen LogP contribution in [-0.2, 0) is 0 Å². The van der Waals surface area contributed by atoms with E-state index >= 15 is 0 Å². The maximum atomic E-state index is 9.29. The first-order valence-electron chi connectivity index (χ1n) is 6.43. The van der Waals surface area contributed by atoms with E-state index in [1.807, 2.05) is 45.2 Å². The molecule has 108 valence electrons. The molecule has 0 amide bonds. The topological polar surface area (TPSA) is 67.5 Å². The Balaban J connectivity index is 2.80. The SMILES string of the molecule is CSC(CO)C(C)Nc1cc(N)cc(OC(C)C)c1. The van der Waals surface area contributed by atoms with E-state index in [0.717, 1.165) is 11.4 Å². The van der Waals surface area contributed by atoms with Crippen LogP contribution in [0.15, 0.2) is 18.2 Å². The highest BCUT2D eigenvalue weighted by Crippen LogP contribution is 2.25. The molecular formula is C14H24N2O2S. The molecule has 2 atom stereocenters. The fourth-order valence-corrected chi connectivity index (χ4v) is 2.46.